The molecule has 0 radical (unpaired) electrons. The molecule has 0 aliphatic rings. The van der Waals surface area contributed by atoms with Crippen molar-refractivity contribution in [1.29, 1.82) is 0 Å². The van der Waals surface area contributed by atoms with E-state index in [0.29, 0.717) is 5.92 Å². The molecule has 1 unspecified atom stereocenters. The fourth-order valence-corrected chi connectivity index (χ4v) is 2.95. The van der Waals surface area contributed by atoms with E-state index >= 15 is 0 Å². The molecule has 1 aromatic carbocycles. The molecule has 0 bridgehead atoms. The van der Waals surface area contributed by atoms with Crippen molar-refractivity contribution in [2.75, 3.05) is 0 Å². The standard InChI is InChI=1S/C17H15NS/c1-2-6-14(7-3-1)10-11-15(16-8-4-12-18-16)17-9-5-13-19-17/h1-13,15,18H. The minimum absolute atomic E-state index is 0.301. The Bertz CT molecular complexity index is 587. The fourth-order valence-electron chi connectivity index (χ4n) is 2.13. The average molecular weight is 265 g/mol. The third kappa shape index (κ3) is 2.85. The maximum Gasteiger partial charge on any atom is 0.0518 e. The Hall–Kier alpha value is -2.06. The smallest absolute Gasteiger partial charge is 0.0518 e. The SMILES string of the molecule is C(=CC(c1ccc[nH]1)c1cccs1)c1ccccc1. The van der Waals surface area contributed by atoms with Crippen LogP contribution in [0.5, 0.6) is 0 Å². The predicted octanol–water partition coefficient (Wildman–Crippen LogP) is 4.92. The average Bonchev–Trinajstić information content (AvgIpc) is 3.13. The fraction of sp³-hybridized carbons (Fsp3) is 0.0588. The number of hydrogen-bond acceptors (Lipinski definition) is 1. The number of thiophene rings is 1. The monoisotopic (exact) mass is 265 g/mol. The number of benzene rings is 1. The maximum atomic E-state index is 3.32. The lowest BCUT2D eigenvalue weighted by atomic mass is 10.0. The van der Waals surface area contributed by atoms with E-state index in [1.807, 2.05) is 18.3 Å². The molecular weight excluding hydrogens is 250 g/mol. The van der Waals surface area contributed by atoms with E-state index < -0.39 is 0 Å². The zero-order chi connectivity index (χ0) is 12.9. The summed E-state index contributed by atoms with van der Waals surface area (Å²) in [5.41, 5.74) is 2.46. The third-order valence-corrected chi connectivity index (χ3v) is 4.04. The largest absolute Gasteiger partial charge is 0.364 e. The van der Waals surface area contributed by atoms with Crippen molar-refractivity contribution < 1.29 is 0 Å². The van der Waals surface area contributed by atoms with Gasteiger partial charge in [-0.25, -0.2) is 0 Å². The molecule has 1 atom stereocenters. The lowest BCUT2D eigenvalue weighted by molar-refractivity contribution is 1.00. The van der Waals surface area contributed by atoms with Gasteiger partial charge in [-0.1, -0.05) is 48.6 Å². The first kappa shape index (κ1) is 12.0. The van der Waals surface area contributed by atoms with Crippen LogP contribution in [0.1, 0.15) is 22.1 Å². The van der Waals surface area contributed by atoms with Crippen molar-refractivity contribution >= 4 is 17.4 Å². The zero-order valence-electron chi connectivity index (χ0n) is 10.5. The highest BCUT2D eigenvalue weighted by molar-refractivity contribution is 7.10. The summed E-state index contributed by atoms with van der Waals surface area (Å²) < 4.78 is 0. The molecule has 1 nitrogen and oxygen atoms in total. The first-order valence-corrected chi connectivity index (χ1v) is 7.21. The summed E-state index contributed by atoms with van der Waals surface area (Å²) >= 11 is 1.79. The van der Waals surface area contributed by atoms with Gasteiger partial charge in [0.25, 0.3) is 0 Å². The molecular formula is C17H15NS. The van der Waals surface area contributed by atoms with Crippen molar-refractivity contribution in [1.82, 2.24) is 4.98 Å². The van der Waals surface area contributed by atoms with Gasteiger partial charge in [0, 0.05) is 16.8 Å². The molecule has 0 saturated carbocycles. The van der Waals surface area contributed by atoms with Crippen LogP contribution in [0, 0.1) is 0 Å². The topological polar surface area (TPSA) is 15.8 Å². The molecule has 2 aromatic heterocycles. The van der Waals surface area contributed by atoms with E-state index in [1.165, 1.54) is 16.1 Å². The highest BCUT2D eigenvalue weighted by atomic mass is 32.1. The van der Waals surface area contributed by atoms with E-state index in [9.17, 15) is 0 Å². The minimum atomic E-state index is 0.301. The van der Waals surface area contributed by atoms with Gasteiger partial charge in [-0.05, 0) is 29.1 Å². The second-order valence-corrected chi connectivity index (χ2v) is 5.37. The molecule has 0 fully saturated rings. The summed E-state index contributed by atoms with van der Waals surface area (Å²) in [6, 6.07) is 18.9. The Labute approximate surface area is 117 Å². The maximum absolute atomic E-state index is 3.32. The van der Waals surface area contributed by atoms with Crippen molar-refractivity contribution in [3.63, 3.8) is 0 Å². The minimum Gasteiger partial charge on any atom is -0.364 e. The number of hydrogen-bond donors (Lipinski definition) is 1. The van der Waals surface area contributed by atoms with E-state index in [4.69, 9.17) is 0 Å². The Kier molecular flexibility index (Phi) is 3.61. The third-order valence-electron chi connectivity index (χ3n) is 3.09. The number of aromatic amines is 1. The van der Waals surface area contributed by atoms with E-state index in [2.05, 4.69) is 65.0 Å². The van der Waals surface area contributed by atoms with Gasteiger partial charge in [-0.3, -0.25) is 0 Å². The van der Waals surface area contributed by atoms with E-state index in [0.717, 1.165) is 0 Å². The summed E-state index contributed by atoms with van der Waals surface area (Å²) in [4.78, 5) is 4.67. The van der Waals surface area contributed by atoms with Crippen LogP contribution >= 0.6 is 11.3 Å². The number of allylic oxidation sites excluding steroid dienone is 1. The molecule has 0 saturated heterocycles. The number of aromatic nitrogens is 1. The Morgan fingerprint density at radius 2 is 1.84 bits per heavy atom. The molecule has 0 spiro atoms. The highest BCUT2D eigenvalue weighted by Crippen LogP contribution is 2.29. The highest BCUT2D eigenvalue weighted by Gasteiger charge is 2.12. The zero-order valence-corrected chi connectivity index (χ0v) is 11.3. The Morgan fingerprint density at radius 3 is 2.53 bits per heavy atom. The molecule has 0 amide bonds. The van der Waals surface area contributed by atoms with Crippen molar-refractivity contribution in [3.05, 3.63) is 88.4 Å². The number of H-pyrrole nitrogens is 1. The molecule has 1 N–H and O–H groups in total. The van der Waals surface area contributed by atoms with Crippen LogP contribution in [0.3, 0.4) is 0 Å². The number of nitrogens with one attached hydrogen (secondary N) is 1. The van der Waals surface area contributed by atoms with Crippen LogP contribution in [0.25, 0.3) is 6.08 Å². The van der Waals surface area contributed by atoms with Gasteiger partial charge in [0.15, 0.2) is 0 Å². The quantitative estimate of drug-likeness (QED) is 0.689. The Balaban J connectivity index is 1.91. The van der Waals surface area contributed by atoms with Gasteiger partial charge in [-0.15, -0.1) is 11.3 Å². The summed E-state index contributed by atoms with van der Waals surface area (Å²) in [5.74, 6) is 0.301. The lowest BCUT2D eigenvalue weighted by Gasteiger charge is -2.09. The van der Waals surface area contributed by atoms with Crippen LogP contribution in [-0.2, 0) is 0 Å². The van der Waals surface area contributed by atoms with Crippen LogP contribution in [0.2, 0.25) is 0 Å². The molecule has 0 aliphatic carbocycles. The van der Waals surface area contributed by atoms with Gasteiger partial charge in [-0.2, -0.15) is 0 Å². The van der Waals surface area contributed by atoms with Gasteiger partial charge in [0.1, 0.15) is 0 Å². The predicted molar refractivity (Wildman–Crippen MR) is 82.4 cm³/mol. The molecule has 3 rings (SSSR count). The van der Waals surface area contributed by atoms with Crippen LogP contribution in [0.15, 0.2) is 72.3 Å². The summed E-state index contributed by atoms with van der Waals surface area (Å²) in [6.45, 7) is 0. The van der Waals surface area contributed by atoms with Crippen LogP contribution < -0.4 is 0 Å². The van der Waals surface area contributed by atoms with Gasteiger partial charge in [0.2, 0.25) is 0 Å². The van der Waals surface area contributed by atoms with E-state index in [1.54, 1.807) is 11.3 Å². The van der Waals surface area contributed by atoms with E-state index in [-0.39, 0.29) is 0 Å². The Morgan fingerprint density at radius 1 is 0.947 bits per heavy atom. The van der Waals surface area contributed by atoms with Crippen molar-refractivity contribution in [2.24, 2.45) is 0 Å². The number of rotatable bonds is 4. The summed E-state index contributed by atoms with van der Waals surface area (Å²) in [5, 5.41) is 2.13. The van der Waals surface area contributed by atoms with Gasteiger partial charge in [0.05, 0.1) is 5.92 Å². The van der Waals surface area contributed by atoms with Gasteiger partial charge >= 0.3 is 0 Å². The summed E-state index contributed by atoms with van der Waals surface area (Å²) in [7, 11) is 0. The lowest BCUT2D eigenvalue weighted by Crippen LogP contribution is -1.95. The van der Waals surface area contributed by atoms with Crippen LogP contribution in [-0.4, -0.2) is 4.98 Å². The molecule has 2 heterocycles. The first-order chi connectivity index (χ1) is 9.43. The van der Waals surface area contributed by atoms with Gasteiger partial charge < -0.3 is 4.98 Å². The van der Waals surface area contributed by atoms with Crippen molar-refractivity contribution in [2.45, 2.75) is 5.92 Å². The molecule has 94 valence electrons. The molecule has 2 heteroatoms. The molecule has 19 heavy (non-hydrogen) atoms. The first-order valence-electron chi connectivity index (χ1n) is 6.33. The normalized spacial score (nSPS) is 12.8. The second kappa shape index (κ2) is 5.72. The van der Waals surface area contributed by atoms with Crippen LogP contribution in [0.4, 0.5) is 0 Å². The molecule has 0 aliphatic heterocycles. The summed E-state index contributed by atoms with van der Waals surface area (Å²) in [6.07, 6.45) is 6.42. The second-order valence-electron chi connectivity index (χ2n) is 4.39. The van der Waals surface area contributed by atoms with Crippen molar-refractivity contribution in [3.8, 4) is 0 Å². The molecule has 3 aromatic rings.